The molecule has 3 nitrogen and oxygen atoms in total. The van der Waals surface area contributed by atoms with Gasteiger partial charge in [-0.3, -0.25) is 0 Å². The third-order valence-electron chi connectivity index (χ3n) is 1.97. The molecule has 4 heteroatoms. The number of rotatable bonds is 1. The summed E-state index contributed by atoms with van der Waals surface area (Å²) in [6, 6.07) is 8.03. The van der Waals surface area contributed by atoms with Gasteiger partial charge in [0.1, 0.15) is 11.9 Å². The molecule has 0 aromatic heterocycles. The van der Waals surface area contributed by atoms with Crippen LogP contribution in [0.3, 0.4) is 0 Å². The summed E-state index contributed by atoms with van der Waals surface area (Å²) in [5, 5.41) is 12.3. The summed E-state index contributed by atoms with van der Waals surface area (Å²) in [6.07, 6.45) is -0.117. The molecule has 0 saturated heterocycles. The molecule has 2 rings (SSSR count). The Morgan fingerprint density at radius 1 is 1.57 bits per heavy atom. The first-order chi connectivity index (χ1) is 6.79. The van der Waals surface area contributed by atoms with Gasteiger partial charge in [-0.05, 0) is 12.1 Å². The molecule has 70 valence electrons. The predicted octanol–water partition coefficient (Wildman–Crippen LogP) is 1.84. The SMILES string of the molecule is N#C[C@@H]1CC(c2cccc(F)c2)=NO1. The lowest BCUT2D eigenvalue weighted by atomic mass is 10.1. The molecule has 1 heterocycles. The van der Waals surface area contributed by atoms with E-state index in [9.17, 15) is 4.39 Å². The second-order valence-electron chi connectivity index (χ2n) is 2.98. The molecule has 0 saturated carbocycles. The summed E-state index contributed by atoms with van der Waals surface area (Å²) < 4.78 is 12.8. The highest BCUT2D eigenvalue weighted by molar-refractivity contribution is 6.01. The zero-order valence-corrected chi connectivity index (χ0v) is 7.27. The third-order valence-corrected chi connectivity index (χ3v) is 1.97. The van der Waals surface area contributed by atoms with Crippen molar-refractivity contribution in [1.29, 1.82) is 5.26 Å². The van der Waals surface area contributed by atoms with Crippen molar-refractivity contribution in [3.05, 3.63) is 35.6 Å². The molecule has 0 radical (unpaired) electrons. The lowest BCUT2D eigenvalue weighted by Gasteiger charge is -1.97. The van der Waals surface area contributed by atoms with Gasteiger partial charge in [0, 0.05) is 12.0 Å². The molecule has 1 atom stereocenters. The molecule has 14 heavy (non-hydrogen) atoms. The Hall–Kier alpha value is -1.89. The summed E-state index contributed by atoms with van der Waals surface area (Å²) in [6.45, 7) is 0. The lowest BCUT2D eigenvalue weighted by Crippen LogP contribution is -2.05. The number of hydrogen-bond donors (Lipinski definition) is 0. The quantitative estimate of drug-likeness (QED) is 0.678. The van der Waals surface area contributed by atoms with Crippen LogP contribution in [0, 0.1) is 17.1 Å². The molecule has 1 aromatic carbocycles. The highest BCUT2D eigenvalue weighted by Crippen LogP contribution is 2.16. The first-order valence-electron chi connectivity index (χ1n) is 4.18. The van der Waals surface area contributed by atoms with Crippen LogP contribution in [-0.2, 0) is 4.84 Å². The normalized spacial score (nSPS) is 19.7. The maximum absolute atomic E-state index is 12.8. The van der Waals surface area contributed by atoms with Crippen molar-refractivity contribution in [3.8, 4) is 6.07 Å². The Labute approximate surface area is 80.4 Å². The smallest absolute Gasteiger partial charge is 0.218 e. The topological polar surface area (TPSA) is 45.4 Å². The maximum Gasteiger partial charge on any atom is 0.218 e. The molecule has 1 aliphatic rings. The van der Waals surface area contributed by atoms with E-state index in [2.05, 4.69) is 5.16 Å². The number of hydrogen-bond acceptors (Lipinski definition) is 3. The number of halogens is 1. The zero-order chi connectivity index (χ0) is 9.97. The first-order valence-corrected chi connectivity index (χ1v) is 4.18. The van der Waals surface area contributed by atoms with Crippen LogP contribution in [-0.4, -0.2) is 11.8 Å². The van der Waals surface area contributed by atoms with Gasteiger partial charge in [-0.1, -0.05) is 17.3 Å². The van der Waals surface area contributed by atoms with Gasteiger partial charge >= 0.3 is 0 Å². The number of oxime groups is 1. The molecule has 1 aliphatic heterocycles. The molecule has 0 bridgehead atoms. The number of nitriles is 1. The fraction of sp³-hybridized carbons (Fsp3) is 0.200. The highest BCUT2D eigenvalue weighted by atomic mass is 19.1. The van der Waals surface area contributed by atoms with E-state index in [4.69, 9.17) is 10.1 Å². The van der Waals surface area contributed by atoms with E-state index in [1.807, 2.05) is 6.07 Å². The minimum absolute atomic E-state index is 0.314. The largest absolute Gasteiger partial charge is 0.376 e. The van der Waals surface area contributed by atoms with Crippen LogP contribution in [0.4, 0.5) is 4.39 Å². The van der Waals surface area contributed by atoms with Crippen LogP contribution >= 0.6 is 0 Å². The fourth-order valence-electron chi connectivity index (χ4n) is 1.29. The minimum Gasteiger partial charge on any atom is -0.376 e. The molecular formula is C10H7FN2O. The summed E-state index contributed by atoms with van der Waals surface area (Å²) in [5.74, 6) is -0.314. The molecule has 0 fully saturated rings. The van der Waals surface area contributed by atoms with E-state index in [1.165, 1.54) is 12.1 Å². The van der Waals surface area contributed by atoms with Gasteiger partial charge in [-0.25, -0.2) is 4.39 Å². The maximum atomic E-state index is 12.8. The summed E-state index contributed by atoms with van der Waals surface area (Å²) in [5.41, 5.74) is 1.29. The van der Waals surface area contributed by atoms with Gasteiger partial charge in [0.05, 0.1) is 5.71 Å². The summed E-state index contributed by atoms with van der Waals surface area (Å²) in [7, 11) is 0. The van der Waals surface area contributed by atoms with Crippen LogP contribution in [0.2, 0.25) is 0 Å². The minimum atomic E-state index is -0.534. The van der Waals surface area contributed by atoms with Crippen molar-refractivity contribution in [2.75, 3.05) is 0 Å². The Kier molecular flexibility index (Phi) is 2.15. The van der Waals surface area contributed by atoms with Gasteiger partial charge in [-0.15, -0.1) is 0 Å². The number of nitrogens with zero attached hydrogens (tertiary/aromatic N) is 2. The van der Waals surface area contributed by atoms with Crippen LogP contribution in [0.15, 0.2) is 29.4 Å². The Bertz CT molecular complexity index is 422. The Balaban J connectivity index is 2.22. The van der Waals surface area contributed by atoms with Gasteiger partial charge in [0.25, 0.3) is 0 Å². The van der Waals surface area contributed by atoms with Crippen LogP contribution in [0.5, 0.6) is 0 Å². The van der Waals surface area contributed by atoms with Crippen molar-refractivity contribution >= 4 is 5.71 Å². The van der Waals surface area contributed by atoms with E-state index in [-0.39, 0.29) is 5.82 Å². The van der Waals surface area contributed by atoms with Gasteiger partial charge < -0.3 is 4.84 Å². The van der Waals surface area contributed by atoms with E-state index in [0.717, 1.165) is 0 Å². The van der Waals surface area contributed by atoms with Crippen molar-refractivity contribution in [2.45, 2.75) is 12.5 Å². The second-order valence-corrected chi connectivity index (χ2v) is 2.98. The average molecular weight is 190 g/mol. The van der Waals surface area contributed by atoms with Crippen LogP contribution in [0.1, 0.15) is 12.0 Å². The lowest BCUT2D eigenvalue weighted by molar-refractivity contribution is 0.125. The van der Waals surface area contributed by atoms with Crippen molar-refractivity contribution < 1.29 is 9.23 Å². The monoisotopic (exact) mass is 190 g/mol. The number of benzene rings is 1. The van der Waals surface area contributed by atoms with Crippen molar-refractivity contribution in [2.24, 2.45) is 5.16 Å². The fourth-order valence-corrected chi connectivity index (χ4v) is 1.29. The van der Waals surface area contributed by atoms with Crippen LogP contribution < -0.4 is 0 Å². The molecule has 0 spiro atoms. The predicted molar refractivity (Wildman–Crippen MR) is 48.0 cm³/mol. The highest BCUT2D eigenvalue weighted by Gasteiger charge is 2.21. The Morgan fingerprint density at radius 2 is 2.43 bits per heavy atom. The van der Waals surface area contributed by atoms with Crippen molar-refractivity contribution in [1.82, 2.24) is 0 Å². The van der Waals surface area contributed by atoms with Gasteiger partial charge in [0.2, 0.25) is 6.10 Å². The molecule has 0 aliphatic carbocycles. The Morgan fingerprint density at radius 3 is 3.07 bits per heavy atom. The van der Waals surface area contributed by atoms with E-state index >= 15 is 0 Å². The first kappa shape index (κ1) is 8.70. The molecule has 0 unspecified atom stereocenters. The van der Waals surface area contributed by atoms with Gasteiger partial charge in [-0.2, -0.15) is 5.26 Å². The van der Waals surface area contributed by atoms with Gasteiger partial charge in [0.15, 0.2) is 0 Å². The molecule has 0 amide bonds. The van der Waals surface area contributed by atoms with E-state index in [0.29, 0.717) is 17.7 Å². The zero-order valence-electron chi connectivity index (χ0n) is 7.27. The second kappa shape index (κ2) is 3.46. The standard InChI is InChI=1S/C10H7FN2O/c11-8-3-1-2-7(4-8)10-5-9(6-12)14-13-10/h1-4,9H,5H2/t9-/m0/s1. The summed E-state index contributed by atoms with van der Waals surface area (Å²) >= 11 is 0. The van der Waals surface area contributed by atoms with Crippen molar-refractivity contribution in [3.63, 3.8) is 0 Å². The molecule has 0 N–H and O–H groups in total. The van der Waals surface area contributed by atoms with E-state index in [1.54, 1.807) is 12.1 Å². The molecule has 1 aromatic rings. The van der Waals surface area contributed by atoms with E-state index < -0.39 is 6.10 Å². The average Bonchev–Trinajstić information content (AvgIpc) is 2.66. The van der Waals surface area contributed by atoms with Crippen LogP contribution in [0.25, 0.3) is 0 Å². The third kappa shape index (κ3) is 1.57. The molecular weight excluding hydrogens is 183 g/mol. The summed E-state index contributed by atoms with van der Waals surface area (Å²) in [4.78, 5) is 4.81.